The topological polar surface area (TPSA) is 0 Å². The first-order chi connectivity index (χ1) is 7.91. The summed E-state index contributed by atoms with van der Waals surface area (Å²) in [5, 5.41) is 0. The van der Waals surface area contributed by atoms with Crippen LogP contribution in [-0.2, 0) is 0 Å². The predicted molar refractivity (Wildman–Crippen MR) is 73.9 cm³/mol. The van der Waals surface area contributed by atoms with E-state index in [1.54, 1.807) is 12.8 Å². The highest BCUT2D eigenvalue weighted by molar-refractivity contribution is 5.17. The van der Waals surface area contributed by atoms with E-state index in [1.165, 1.54) is 38.5 Å². The molecule has 0 amide bonds. The van der Waals surface area contributed by atoms with Gasteiger partial charge in [0.05, 0.1) is 0 Å². The van der Waals surface area contributed by atoms with Gasteiger partial charge in [0.15, 0.2) is 0 Å². The number of rotatable bonds is 0. The van der Waals surface area contributed by atoms with E-state index in [0.29, 0.717) is 16.2 Å². The van der Waals surface area contributed by atoms with E-state index >= 15 is 0 Å². The second-order valence-corrected chi connectivity index (χ2v) is 8.46. The summed E-state index contributed by atoms with van der Waals surface area (Å²) in [6.45, 7) is 10.3. The normalized spacial score (nSPS) is 41.6. The molecule has 2 unspecified atom stereocenters. The van der Waals surface area contributed by atoms with Gasteiger partial charge in [-0.05, 0) is 47.3 Å². The molecule has 0 radical (unpaired) electrons. The van der Waals surface area contributed by atoms with Crippen LogP contribution in [0.5, 0.6) is 0 Å². The van der Waals surface area contributed by atoms with E-state index in [1.807, 2.05) is 0 Å². The zero-order valence-corrected chi connectivity index (χ0v) is 12.3. The Morgan fingerprint density at radius 2 is 1.35 bits per heavy atom. The standard InChI is InChI=1S/C17H30/c1-15(2)12-16(3,4)17(15)11-7-9-13-8-5-6-10-14(13)17/h13-14H,5-12H2,1-4H3. The maximum absolute atomic E-state index is 2.56. The molecule has 0 bridgehead atoms. The average molecular weight is 234 g/mol. The molecule has 0 aromatic heterocycles. The van der Waals surface area contributed by atoms with Crippen molar-refractivity contribution < 1.29 is 0 Å². The molecule has 3 fully saturated rings. The van der Waals surface area contributed by atoms with Crippen molar-refractivity contribution in [3.05, 3.63) is 0 Å². The SMILES string of the molecule is CC1(C)CC(C)(C)C12CCCC1CCCCC12. The summed E-state index contributed by atoms with van der Waals surface area (Å²) >= 11 is 0. The third-order valence-corrected chi connectivity index (χ3v) is 6.99. The molecule has 0 saturated heterocycles. The van der Waals surface area contributed by atoms with Crippen LogP contribution in [0.4, 0.5) is 0 Å². The highest BCUT2D eigenvalue weighted by atomic mass is 14.7. The lowest BCUT2D eigenvalue weighted by atomic mass is 9.31. The minimum absolute atomic E-state index is 0.608. The molecule has 1 spiro atoms. The van der Waals surface area contributed by atoms with Gasteiger partial charge in [0.1, 0.15) is 0 Å². The molecular weight excluding hydrogens is 204 g/mol. The van der Waals surface area contributed by atoms with E-state index < -0.39 is 0 Å². The van der Waals surface area contributed by atoms with Crippen LogP contribution in [0.2, 0.25) is 0 Å². The van der Waals surface area contributed by atoms with Crippen LogP contribution in [-0.4, -0.2) is 0 Å². The van der Waals surface area contributed by atoms with E-state index in [4.69, 9.17) is 0 Å². The molecule has 98 valence electrons. The Bertz CT molecular complexity index is 294. The molecule has 0 heterocycles. The summed E-state index contributed by atoms with van der Waals surface area (Å²) in [5.41, 5.74) is 1.90. The average Bonchev–Trinajstić information content (AvgIpc) is 2.26. The molecule has 0 aliphatic heterocycles. The van der Waals surface area contributed by atoms with Gasteiger partial charge in [0, 0.05) is 0 Å². The quantitative estimate of drug-likeness (QED) is 0.525. The highest BCUT2D eigenvalue weighted by Gasteiger charge is 2.68. The van der Waals surface area contributed by atoms with Crippen molar-refractivity contribution in [1.29, 1.82) is 0 Å². The summed E-state index contributed by atoms with van der Waals surface area (Å²) in [4.78, 5) is 0. The second kappa shape index (κ2) is 3.52. The highest BCUT2D eigenvalue weighted by Crippen LogP contribution is 2.76. The second-order valence-electron chi connectivity index (χ2n) is 8.46. The van der Waals surface area contributed by atoms with Crippen molar-refractivity contribution in [3.63, 3.8) is 0 Å². The van der Waals surface area contributed by atoms with Gasteiger partial charge in [0.25, 0.3) is 0 Å². The van der Waals surface area contributed by atoms with Crippen molar-refractivity contribution >= 4 is 0 Å². The molecule has 0 aromatic carbocycles. The van der Waals surface area contributed by atoms with Crippen LogP contribution in [0.1, 0.15) is 79.1 Å². The first-order valence-corrected chi connectivity index (χ1v) is 7.91. The fraction of sp³-hybridized carbons (Fsp3) is 1.00. The Labute approximate surface area is 108 Å². The van der Waals surface area contributed by atoms with E-state index in [0.717, 1.165) is 11.8 Å². The lowest BCUT2D eigenvalue weighted by Crippen LogP contribution is -2.66. The first-order valence-electron chi connectivity index (χ1n) is 7.91. The number of hydrogen-bond acceptors (Lipinski definition) is 0. The summed E-state index contributed by atoms with van der Waals surface area (Å²) in [7, 11) is 0. The van der Waals surface area contributed by atoms with Gasteiger partial charge < -0.3 is 0 Å². The monoisotopic (exact) mass is 234 g/mol. The lowest BCUT2D eigenvalue weighted by molar-refractivity contribution is -0.252. The van der Waals surface area contributed by atoms with Crippen LogP contribution in [0, 0.1) is 28.1 Å². The van der Waals surface area contributed by atoms with Gasteiger partial charge in [-0.3, -0.25) is 0 Å². The Kier molecular flexibility index (Phi) is 2.49. The molecule has 3 aliphatic rings. The molecule has 0 nitrogen and oxygen atoms in total. The number of fused-ring (bicyclic) bond motifs is 2. The van der Waals surface area contributed by atoms with Crippen molar-refractivity contribution in [3.8, 4) is 0 Å². The molecule has 2 atom stereocenters. The molecule has 0 aromatic rings. The third kappa shape index (κ3) is 1.36. The predicted octanol–water partition coefficient (Wildman–Crippen LogP) is 5.42. The van der Waals surface area contributed by atoms with Crippen LogP contribution in [0.3, 0.4) is 0 Å². The maximum atomic E-state index is 2.56. The molecule has 17 heavy (non-hydrogen) atoms. The minimum atomic E-state index is 0.608. The van der Waals surface area contributed by atoms with E-state index in [9.17, 15) is 0 Å². The van der Waals surface area contributed by atoms with Gasteiger partial charge in [-0.2, -0.15) is 0 Å². The lowest BCUT2D eigenvalue weighted by Gasteiger charge is -2.74. The van der Waals surface area contributed by atoms with Crippen molar-refractivity contribution in [2.24, 2.45) is 28.1 Å². The molecule has 0 N–H and O–H groups in total. The van der Waals surface area contributed by atoms with Gasteiger partial charge in [0.2, 0.25) is 0 Å². The summed E-state index contributed by atoms with van der Waals surface area (Å²) in [6, 6.07) is 0. The summed E-state index contributed by atoms with van der Waals surface area (Å²) < 4.78 is 0. The van der Waals surface area contributed by atoms with Crippen LogP contribution >= 0.6 is 0 Å². The summed E-state index contributed by atoms with van der Waals surface area (Å²) in [6.07, 6.45) is 12.1. The fourth-order valence-corrected chi connectivity index (χ4v) is 6.94. The Balaban J connectivity index is 1.98. The summed E-state index contributed by atoms with van der Waals surface area (Å²) in [5.74, 6) is 2.14. The molecular formula is C17H30. The van der Waals surface area contributed by atoms with Crippen LogP contribution < -0.4 is 0 Å². The van der Waals surface area contributed by atoms with E-state index in [-0.39, 0.29) is 0 Å². The van der Waals surface area contributed by atoms with Crippen molar-refractivity contribution in [2.45, 2.75) is 79.1 Å². The Hall–Kier alpha value is 0. The van der Waals surface area contributed by atoms with Crippen molar-refractivity contribution in [1.82, 2.24) is 0 Å². The molecule has 3 rings (SSSR count). The Morgan fingerprint density at radius 1 is 0.765 bits per heavy atom. The molecule has 3 aliphatic carbocycles. The van der Waals surface area contributed by atoms with E-state index in [2.05, 4.69) is 27.7 Å². The zero-order chi connectivity index (χ0) is 12.3. The zero-order valence-electron chi connectivity index (χ0n) is 12.3. The van der Waals surface area contributed by atoms with Gasteiger partial charge >= 0.3 is 0 Å². The maximum Gasteiger partial charge on any atom is -0.0164 e. The third-order valence-electron chi connectivity index (χ3n) is 6.99. The largest absolute Gasteiger partial charge is 0.0593 e. The fourth-order valence-electron chi connectivity index (χ4n) is 6.94. The minimum Gasteiger partial charge on any atom is -0.0593 e. The van der Waals surface area contributed by atoms with Gasteiger partial charge in [-0.25, -0.2) is 0 Å². The van der Waals surface area contributed by atoms with Crippen LogP contribution in [0.15, 0.2) is 0 Å². The van der Waals surface area contributed by atoms with Crippen LogP contribution in [0.25, 0.3) is 0 Å². The Morgan fingerprint density at radius 3 is 2.00 bits per heavy atom. The molecule has 0 heteroatoms. The van der Waals surface area contributed by atoms with Gasteiger partial charge in [-0.1, -0.05) is 59.8 Å². The smallest absolute Gasteiger partial charge is 0.0164 e. The first kappa shape index (κ1) is 12.1. The number of hydrogen-bond donors (Lipinski definition) is 0. The van der Waals surface area contributed by atoms with Gasteiger partial charge in [-0.15, -0.1) is 0 Å². The van der Waals surface area contributed by atoms with Crippen molar-refractivity contribution in [2.75, 3.05) is 0 Å². The molecule has 3 saturated carbocycles.